The maximum Gasteiger partial charge on any atom is 0.310 e. The van der Waals surface area contributed by atoms with Gasteiger partial charge in [0.15, 0.2) is 0 Å². The lowest BCUT2D eigenvalue weighted by Crippen LogP contribution is -2.42. The van der Waals surface area contributed by atoms with Crippen molar-refractivity contribution in [2.45, 2.75) is 74.5 Å². The van der Waals surface area contributed by atoms with Crippen LogP contribution in [0.25, 0.3) is 0 Å². The van der Waals surface area contributed by atoms with Gasteiger partial charge in [0.2, 0.25) is 20.0 Å². The van der Waals surface area contributed by atoms with Crippen LogP contribution in [0.2, 0.25) is 15.1 Å². The van der Waals surface area contributed by atoms with Gasteiger partial charge >= 0.3 is 17.9 Å². The first-order chi connectivity index (χ1) is 29.2. The molecule has 3 aromatic carbocycles. The van der Waals surface area contributed by atoms with Crippen molar-refractivity contribution in [3.05, 3.63) is 87.9 Å². The average Bonchev–Trinajstić information content (AvgIpc) is 3.25. The van der Waals surface area contributed by atoms with E-state index in [1.807, 2.05) is 6.92 Å². The molecule has 0 bridgehead atoms. The minimum Gasteiger partial charge on any atom is -0.481 e. The normalized spacial score (nSPS) is 19.4. The minimum absolute atomic E-state index is 0. The third-order valence-electron chi connectivity index (χ3n) is 9.66. The molecule has 0 aliphatic carbocycles. The number of hydrogen-bond acceptors (Lipinski definition) is 12. The summed E-state index contributed by atoms with van der Waals surface area (Å²) in [6, 6.07) is 18.5. The molecule has 3 aliphatic rings. The minimum atomic E-state index is -3.72. The molecular formula is C41H55Cl4N3O12S3. The number of ether oxygens (including phenoxy) is 2. The number of nitrogens with one attached hydrogen (secondary N) is 1. The largest absolute Gasteiger partial charge is 0.481 e. The van der Waals surface area contributed by atoms with E-state index in [9.17, 15) is 39.6 Å². The number of carboxylic acids is 1. The number of carbonyl (C=O) groups excluding carboxylic acids is 2. The molecule has 0 radical (unpaired) electrons. The van der Waals surface area contributed by atoms with Gasteiger partial charge in [0.05, 0.1) is 46.0 Å². The Morgan fingerprint density at radius 3 is 1.38 bits per heavy atom. The third-order valence-corrected chi connectivity index (χ3v) is 16.2. The Kier molecular flexibility index (Phi) is 23.9. The van der Waals surface area contributed by atoms with Gasteiger partial charge in [-0.05, 0) is 95.3 Å². The first-order valence-electron chi connectivity index (χ1n) is 19.7. The second-order valence-electron chi connectivity index (χ2n) is 14.0. The number of esters is 2. The lowest BCUT2D eigenvalue weighted by atomic mass is 10.0. The van der Waals surface area contributed by atoms with Crippen LogP contribution < -0.4 is 5.32 Å². The lowest BCUT2D eigenvalue weighted by molar-refractivity contribution is -0.149. The molecule has 0 spiro atoms. The van der Waals surface area contributed by atoms with Crippen LogP contribution in [0, 0.1) is 17.8 Å². The van der Waals surface area contributed by atoms with Gasteiger partial charge in [-0.25, -0.2) is 25.3 Å². The van der Waals surface area contributed by atoms with Crippen LogP contribution >= 0.6 is 45.5 Å². The van der Waals surface area contributed by atoms with Gasteiger partial charge < -0.3 is 19.9 Å². The molecule has 63 heavy (non-hydrogen) atoms. The van der Waals surface area contributed by atoms with E-state index in [0.717, 1.165) is 25.9 Å². The molecule has 3 saturated heterocycles. The Morgan fingerprint density at radius 2 is 1.02 bits per heavy atom. The van der Waals surface area contributed by atoms with Gasteiger partial charge in [0.25, 0.3) is 9.05 Å². The SMILES string of the molecule is C.CCOC(=O)[C@@H]1CCCN(S(=O)(=O)c2ccccc2Cl)C1.CCOC(=O)[C@@H]1CCCNC1.O=C(O)[C@@H]1CCCN(S(=O)(=O)c2ccccc2Cl)C1.O=S(=O)(Cl)c1ccccc1Cl. The van der Waals surface area contributed by atoms with Crippen LogP contribution in [-0.4, -0.2) is 109 Å². The van der Waals surface area contributed by atoms with E-state index in [4.69, 9.17) is 60.1 Å². The van der Waals surface area contributed by atoms with Crippen LogP contribution in [0.15, 0.2) is 87.5 Å². The van der Waals surface area contributed by atoms with Crippen molar-refractivity contribution in [1.29, 1.82) is 0 Å². The van der Waals surface area contributed by atoms with Crippen LogP contribution in [0.1, 0.15) is 59.8 Å². The van der Waals surface area contributed by atoms with Gasteiger partial charge in [-0.15, -0.1) is 0 Å². The van der Waals surface area contributed by atoms with E-state index in [1.54, 1.807) is 49.4 Å². The van der Waals surface area contributed by atoms with Gasteiger partial charge in [0, 0.05) is 43.4 Å². The van der Waals surface area contributed by atoms with Gasteiger partial charge in [-0.1, -0.05) is 78.6 Å². The highest BCUT2D eigenvalue weighted by Crippen LogP contribution is 2.30. The summed E-state index contributed by atoms with van der Waals surface area (Å²) in [4.78, 5) is 34.0. The highest BCUT2D eigenvalue weighted by Gasteiger charge is 2.36. The summed E-state index contributed by atoms with van der Waals surface area (Å²) in [5.41, 5.74) is 0. The molecule has 3 atom stereocenters. The molecule has 6 rings (SSSR count). The molecular weight excluding hydrogens is 964 g/mol. The summed E-state index contributed by atoms with van der Waals surface area (Å²) in [6.45, 7) is 7.07. The maximum absolute atomic E-state index is 12.6. The Morgan fingerprint density at radius 1 is 0.635 bits per heavy atom. The zero-order valence-electron chi connectivity index (χ0n) is 34.1. The Hall–Kier alpha value is -3.04. The molecule has 15 nitrogen and oxygen atoms in total. The Balaban J connectivity index is 0.000000299. The number of aliphatic carboxylic acids is 1. The third kappa shape index (κ3) is 17.0. The molecule has 3 heterocycles. The lowest BCUT2D eigenvalue weighted by Gasteiger charge is -2.30. The van der Waals surface area contributed by atoms with Crippen molar-refractivity contribution in [2.24, 2.45) is 17.8 Å². The fourth-order valence-electron chi connectivity index (χ4n) is 6.52. The summed E-state index contributed by atoms with van der Waals surface area (Å²) in [5, 5.41) is 12.7. The zero-order chi connectivity index (χ0) is 46.1. The summed E-state index contributed by atoms with van der Waals surface area (Å²) < 4.78 is 84.0. The van der Waals surface area contributed by atoms with Crippen LogP contribution in [0.5, 0.6) is 0 Å². The second kappa shape index (κ2) is 26.8. The molecule has 0 amide bonds. The number of carbonyl (C=O) groups is 3. The molecule has 22 heteroatoms. The molecule has 352 valence electrons. The number of nitrogens with zero attached hydrogens (tertiary/aromatic N) is 2. The number of piperidine rings is 3. The Bertz CT molecular complexity index is 2300. The van der Waals surface area contributed by atoms with Crippen LogP contribution in [-0.2, 0) is 53.0 Å². The molecule has 3 aromatic rings. The van der Waals surface area contributed by atoms with Crippen molar-refractivity contribution in [3.8, 4) is 0 Å². The number of carboxylic acid groups (broad SMARTS) is 1. The van der Waals surface area contributed by atoms with Gasteiger partial charge in [-0.2, -0.15) is 8.61 Å². The van der Waals surface area contributed by atoms with Crippen molar-refractivity contribution >= 4 is 92.5 Å². The standard InChI is InChI=1S/C14H18ClNO4S.C12H14ClNO4S.C8H15NO2.C6H4Cl2O2S.CH4/c1-2-20-14(17)11-6-5-9-16(10-11)21(18,19)13-8-4-3-7-12(13)15;13-10-5-1-2-6-11(10)19(17,18)14-7-3-4-9(8-14)12(15)16;1-2-11-8(10)7-4-3-5-9-6-7;7-5-3-1-2-4-6(5)11(8,9)10;/h3-4,7-8,11H,2,5-6,9-10H2,1H3;1-2,5-6,9H,3-4,7-8H2,(H,15,16);7,9H,2-6H2,1H3;1-4H;1H4/t11-;9-;7-;;/m111../s1. The molecule has 0 saturated carbocycles. The highest BCUT2D eigenvalue weighted by atomic mass is 35.7. The van der Waals surface area contributed by atoms with Gasteiger partial charge in [-0.3, -0.25) is 14.4 Å². The van der Waals surface area contributed by atoms with Crippen LogP contribution in [0.3, 0.4) is 0 Å². The number of benzene rings is 3. The number of hydrogen-bond donors (Lipinski definition) is 2. The summed E-state index contributed by atoms with van der Waals surface area (Å²) >= 11 is 17.4. The molecule has 3 aliphatic heterocycles. The Labute approximate surface area is 390 Å². The maximum atomic E-state index is 12.6. The quantitative estimate of drug-likeness (QED) is 0.148. The van der Waals surface area contributed by atoms with E-state index < -0.39 is 46.9 Å². The number of halogens is 4. The number of rotatable bonds is 10. The van der Waals surface area contributed by atoms with Crippen LogP contribution in [0.4, 0.5) is 0 Å². The van der Waals surface area contributed by atoms with Crippen molar-refractivity contribution in [1.82, 2.24) is 13.9 Å². The summed E-state index contributed by atoms with van der Waals surface area (Å²) in [6.07, 6.45) is 4.39. The fourth-order valence-corrected chi connectivity index (χ4v) is 12.1. The van der Waals surface area contributed by atoms with Crippen molar-refractivity contribution in [3.63, 3.8) is 0 Å². The van der Waals surface area contributed by atoms with E-state index >= 15 is 0 Å². The molecule has 2 N–H and O–H groups in total. The van der Waals surface area contributed by atoms with E-state index in [0.29, 0.717) is 52.0 Å². The molecule has 0 aromatic heterocycles. The predicted molar refractivity (Wildman–Crippen MR) is 244 cm³/mol. The van der Waals surface area contributed by atoms with Crippen molar-refractivity contribution in [2.75, 3.05) is 52.5 Å². The molecule has 3 fully saturated rings. The van der Waals surface area contributed by atoms with E-state index in [1.165, 1.54) is 38.9 Å². The van der Waals surface area contributed by atoms with E-state index in [2.05, 4.69) is 5.32 Å². The topological polar surface area (TPSA) is 211 Å². The van der Waals surface area contributed by atoms with E-state index in [-0.39, 0.29) is 68.1 Å². The van der Waals surface area contributed by atoms with Gasteiger partial charge in [0.1, 0.15) is 14.7 Å². The first-order valence-corrected chi connectivity index (χ1v) is 26.0. The first kappa shape index (κ1) is 56.1. The van der Waals surface area contributed by atoms with Crippen molar-refractivity contribution < 1.29 is 54.2 Å². The monoisotopic (exact) mass is 1020 g/mol. The fraction of sp³-hybridized carbons (Fsp3) is 0.488. The average molecular weight is 1020 g/mol. The summed E-state index contributed by atoms with van der Waals surface area (Å²) in [7, 11) is -6.04. The predicted octanol–water partition coefficient (Wildman–Crippen LogP) is 7.58. The smallest absolute Gasteiger partial charge is 0.310 e. The number of sulfonamides is 2. The molecule has 0 unspecified atom stereocenters. The summed E-state index contributed by atoms with van der Waals surface area (Å²) in [5.74, 6) is -2.29. The zero-order valence-corrected chi connectivity index (χ0v) is 39.6. The second-order valence-corrected chi connectivity index (χ2v) is 21.6. The highest BCUT2D eigenvalue weighted by molar-refractivity contribution is 8.13.